The lowest BCUT2D eigenvalue weighted by Crippen LogP contribution is -2.15. The van der Waals surface area contributed by atoms with Crippen LogP contribution in [0.3, 0.4) is 0 Å². The van der Waals surface area contributed by atoms with E-state index in [0.29, 0.717) is 15.9 Å². The number of benzene rings is 1. The van der Waals surface area contributed by atoms with Crippen molar-refractivity contribution in [3.63, 3.8) is 0 Å². The van der Waals surface area contributed by atoms with Gasteiger partial charge in [0.15, 0.2) is 10.7 Å². The summed E-state index contributed by atoms with van der Waals surface area (Å²) in [4.78, 5) is 0.0842. The van der Waals surface area contributed by atoms with Gasteiger partial charge < -0.3 is 4.52 Å². The third-order valence-electron chi connectivity index (χ3n) is 2.60. The smallest absolute Gasteiger partial charge is 0.267 e. The summed E-state index contributed by atoms with van der Waals surface area (Å²) in [6, 6.07) is 5.43. The molecule has 7 heteroatoms. The van der Waals surface area contributed by atoms with E-state index in [9.17, 15) is 8.42 Å². The van der Waals surface area contributed by atoms with E-state index in [-0.39, 0.29) is 10.7 Å². The molecule has 1 heterocycles. The summed E-state index contributed by atoms with van der Waals surface area (Å²) < 4.78 is 32.8. The van der Waals surface area contributed by atoms with Gasteiger partial charge in [-0.05, 0) is 54.4 Å². The summed E-state index contributed by atoms with van der Waals surface area (Å²) in [6.45, 7) is 5.05. The Bertz CT molecular complexity index is 703. The lowest BCUT2D eigenvalue weighted by molar-refractivity contribution is 0.390. The topological polar surface area (TPSA) is 72.2 Å². The van der Waals surface area contributed by atoms with Crippen molar-refractivity contribution in [3.8, 4) is 0 Å². The number of anilines is 1. The normalized spacial score (nSPS) is 11.6. The largest absolute Gasteiger partial charge is 0.360 e. The van der Waals surface area contributed by atoms with E-state index in [1.54, 1.807) is 26.0 Å². The van der Waals surface area contributed by atoms with E-state index in [1.165, 1.54) is 0 Å². The van der Waals surface area contributed by atoms with Gasteiger partial charge in [0.25, 0.3) is 10.0 Å². The standard InChI is InChI=1S/C12H13BrN2O3S/c1-7-4-5-10(13)11(6-7)15-19(16,17)12-8(2)14-18-9(12)3/h4-6,15H,1-3H3. The zero-order valence-corrected chi connectivity index (χ0v) is 13.1. The molecule has 0 fully saturated rings. The first-order chi connectivity index (χ1) is 8.81. The second-order valence-corrected chi connectivity index (χ2v) is 6.72. The Hall–Kier alpha value is -1.34. The van der Waals surface area contributed by atoms with Gasteiger partial charge in [0.05, 0.1) is 5.69 Å². The highest BCUT2D eigenvalue weighted by Crippen LogP contribution is 2.28. The van der Waals surface area contributed by atoms with Gasteiger partial charge in [0, 0.05) is 4.47 Å². The van der Waals surface area contributed by atoms with Crippen LogP contribution >= 0.6 is 15.9 Å². The summed E-state index contributed by atoms with van der Waals surface area (Å²) in [5.41, 5.74) is 1.79. The van der Waals surface area contributed by atoms with Gasteiger partial charge in [0.1, 0.15) is 5.69 Å². The third kappa shape index (κ3) is 2.82. The van der Waals surface area contributed by atoms with E-state index in [2.05, 4.69) is 25.8 Å². The first-order valence-electron chi connectivity index (χ1n) is 5.53. The lowest BCUT2D eigenvalue weighted by Gasteiger charge is -2.10. The Morgan fingerprint density at radius 2 is 1.95 bits per heavy atom. The molecular weight excluding hydrogens is 332 g/mol. The molecule has 0 aliphatic carbocycles. The minimum atomic E-state index is -3.71. The molecule has 0 saturated heterocycles. The van der Waals surface area contributed by atoms with Crippen LogP contribution in [0.15, 0.2) is 32.1 Å². The van der Waals surface area contributed by atoms with Gasteiger partial charge in [-0.15, -0.1) is 0 Å². The number of hydrogen-bond acceptors (Lipinski definition) is 4. The predicted octanol–water partition coefficient (Wildman–Crippen LogP) is 3.16. The van der Waals surface area contributed by atoms with Crippen molar-refractivity contribution >= 4 is 31.6 Å². The summed E-state index contributed by atoms with van der Waals surface area (Å²) in [5, 5.41) is 3.66. The molecule has 0 aliphatic rings. The highest BCUT2D eigenvalue weighted by molar-refractivity contribution is 9.10. The van der Waals surface area contributed by atoms with Crippen molar-refractivity contribution in [3.05, 3.63) is 39.7 Å². The molecule has 0 amide bonds. The van der Waals surface area contributed by atoms with Crippen LogP contribution in [0.5, 0.6) is 0 Å². The summed E-state index contributed by atoms with van der Waals surface area (Å²) >= 11 is 3.32. The maximum Gasteiger partial charge on any atom is 0.267 e. The van der Waals surface area contributed by atoms with Crippen LogP contribution in [0.4, 0.5) is 5.69 Å². The maximum atomic E-state index is 12.3. The van der Waals surface area contributed by atoms with Gasteiger partial charge in [-0.1, -0.05) is 11.2 Å². The molecule has 1 aromatic carbocycles. The zero-order valence-electron chi connectivity index (χ0n) is 10.7. The minimum Gasteiger partial charge on any atom is -0.360 e. The van der Waals surface area contributed by atoms with Gasteiger partial charge in [-0.2, -0.15) is 0 Å². The van der Waals surface area contributed by atoms with E-state index in [0.717, 1.165) is 5.56 Å². The Morgan fingerprint density at radius 1 is 1.26 bits per heavy atom. The molecular formula is C12H13BrN2O3S. The molecule has 1 aromatic heterocycles. The molecule has 0 aliphatic heterocycles. The molecule has 0 atom stereocenters. The predicted molar refractivity (Wildman–Crippen MR) is 75.7 cm³/mol. The Morgan fingerprint density at radius 3 is 2.53 bits per heavy atom. The number of nitrogens with zero attached hydrogens (tertiary/aromatic N) is 1. The Balaban J connectivity index is 2.45. The number of nitrogens with one attached hydrogen (secondary N) is 1. The van der Waals surface area contributed by atoms with Gasteiger partial charge in [0.2, 0.25) is 0 Å². The molecule has 0 saturated carbocycles. The van der Waals surface area contributed by atoms with Crippen molar-refractivity contribution in [2.75, 3.05) is 4.72 Å². The summed E-state index contributed by atoms with van der Waals surface area (Å²) in [7, 11) is -3.71. The molecule has 102 valence electrons. The zero-order chi connectivity index (χ0) is 14.2. The fraction of sp³-hybridized carbons (Fsp3) is 0.250. The molecule has 0 radical (unpaired) electrons. The molecule has 1 N–H and O–H groups in total. The van der Waals surface area contributed by atoms with Gasteiger partial charge in [-0.25, -0.2) is 8.42 Å². The number of aromatic nitrogens is 1. The molecule has 0 bridgehead atoms. The fourth-order valence-electron chi connectivity index (χ4n) is 1.77. The van der Waals surface area contributed by atoms with Crippen molar-refractivity contribution in [2.24, 2.45) is 0 Å². The molecule has 2 rings (SSSR count). The van der Waals surface area contributed by atoms with E-state index in [1.807, 2.05) is 13.0 Å². The second-order valence-electron chi connectivity index (χ2n) is 4.24. The van der Waals surface area contributed by atoms with Crippen LogP contribution in [0.2, 0.25) is 0 Å². The monoisotopic (exact) mass is 344 g/mol. The van der Waals surface area contributed by atoms with Gasteiger partial charge in [-0.3, -0.25) is 4.72 Å². The first kappa shape index (κ1) is 14.1. The molecule has 2 aromatic rings. The average molecular weight is 345 g/mol. The van der Waals surface area contributed by atoms with Crippen molar-refractivity contribution in [1.82, 2.24) is 5.16 Å². The van der Waals surface area contributed by atoms with Crippen molar-refractivity contribution < 1.29 is 12.9 Å². The van der Waals surface area contributed by atoms with Crippen molar-refractivity contribution in [2.45, 2.75) is 25.7 Å². The highest BCUT2D eigenvalue weighted by Gasteiger charge is 2.24. The first-order valence-corrected chi connectivity index (χ1v) is 7.81. The van der Waals surface area contributed by atoms with Gasteiger partial charge >= 0.3 is 0 Å². The van der Waals surface area contributed by atoms with Crippen LogP contribution < -0.4 is 4.72 Å². The van der Waals surface area contributed by atoms with E-state index < -0.39 is 10.0 Å². The van der Waals surface area contributed by atoms with Crippen LogP contribution in [0.25, 0.3) is 0 Å². The summed E-state index contributed by atoms with van der Waals surface area (Å²) in [6.07, 6.45) is 0. The Kier molecular flexibility index (Phi) is 3.69. The van der Waals surface area contributed by atoms with E-state index >= 15 is 0 Å². The second kappa shape index (κ2) is 4.97. The lowest BCUT2D eigenvalue weighted by atomic mass is 10.2. The van der Waals surface area contributed by atoms with Crippen LogP contribution in [0, 0.1) is 20.8 Å². The number of aryl methyl sites for hydroxylation is 3. The highest BCUT2D eigenvalue weighted by atomic mass is 79.9. The Labute approximate surface area is 120 Å². The molecule has 19 heavy (non-hydrogen) atoms. The van der Waals surface area contributed by atoms with Crippen molar-refractivity contribution in [1.29, 1.82) is 0 Å². The number of halogens is 1. The molecule has 0 unspecified atom stereocenters. The summed E-state index contributed by atoms with van der Waals surface area (Å²) in [5.74, 6) is 0.272. The fourth-order valence-corrected chi connectivity index (χ4v) is 3.65. The maximum absolute atomic E-state index is 12.3. The SMILES string of the molecule is Cc1ccc(Br)c(NS(=O)(=O)c2c(C)noc2C)c1. The van der Waals surface area contributed by atoms with Crippen LogP contribution in [0.1, 0.15) is 17.0 Å². The minimum absolute atomic E-state index is 0.0842. The quantitative estimate of drug-likeness (QED) is 0.928. The number of sulfonamides is 1. The molecule has 5 nitrogen and oxygen atoms in total. The molecule has 0 spiro atoms. The third-order valence-corrected chi connectivity index (χ3v) is 4.90. The van der Waals surface area contributed by atoms with E-state index in [4.69, 9.17) is 4.52 Å². The number of rotatable bonds is 3. The number of hydrogen-bond donors (Lipinski definition) is 1. The average Bonchev–Trinajstić information content (AvgIpc) is 2.64. The van der Waals surface area contributed by atoms with Crippen LogP contribution in [-0.2, 0) is 10.0 Å². The van der Waals surface area contributed by atoms with Crippen LogP contribution in [-0.4, -0.2) is 13.6 Å².